The lowest BCUT2D eigenvalue weighted by atomic mass is 10.1. The minimum absolute atomic E-state index is 0.256. The molecule has 1 fully saturated rings. The SMILES string of the molecule is CN(Cc1ccc(F)c(C#CCN)c1)C1CCCC1. The van der Waals surface area contributed by atoms with Gasteiger partial charge < -0.3 is 5.73 Å². The zero-order chi connectivity index (χ0) is 13.7. The molecule has 1 aromatic carbocycles. The smallest absolute Gasteiger partial charge is 0.138 e. The standard InChI is InChI=1S/C16H21FN2/c1-19(15-6-2-3-7-15)12-13-8-9-16(17)14(11-13)5-4-10-18/h8-9,11,15H,2-3,6-7,10,12,18H2,1H3. The summed E-state index contributed by atoms with van der Waals surface area (Å²) in [7, 11) is 2.14. The van der Waals surface area contributed by atoms with Crippen molar-refractivity contribution >= 4 is 0 Å². The maximum absolute atomic E-state index is 13.6. The number of benzene rings is 1. The molecule has 0 unspecified atom stereocenters. The molecule has 0 amide bonds. The molecule has 3 heteroatoms. The molecule has 0 heterocycles. The summed E-state index contributed by atoms with van der Waals surface area (Å²) in [6.45, 7) is 1.11. The third-order valence-electron chi connectivity index (χ3n) is 3.74. The second kappa shape index (κ2) is 6.70. The quantitative estimate of drug-likeness (QED) is 0.846. The molecule has 2 N–H and O–H groups in total. The lowest BCUT2D eigenvalue weighted by Crippen LogP contribution is -2.28. The van der Waals surface area contributed by atoms with Crippen molar-refractivity contribution in [1.82, 2.24) is 4.90 Å². The van der Waals surface area contributed by atoms with E-state index in [4.69, 9.17) is 5.73 Å². The molecule has 0 atom stereocenters. The van der Waals surface area contributed by atoms with Gasteiger partial charge in [-0.25, -0.2) is 4.39 Å². The topological polar surface area (TPSA) is 29.3 Å². The van der Waals surface area contributed by atoms with Crippen LogP contribution in [0.15, 0.2) is 18.2 Å². The van der Waals surface area contributed by atoms with Crippen molar-refractivity contribution in [2.75, 3.05) is 13.6 Å². The Morgan fingerprint density at radius 3 is 2.79 bits per heavy atom. The van der Waals surface area contributed by atoms with Crippen LogP contribution < -0.4 is 5.73 Å². The summed E-state index contributed by atoms with van der Waals surface area (Å²) in [6.07, 6.45) is 5.20. The van der Waals surface area contributed by atoms with Gasteiger partial charge in [0.2, 0.25) is 0 Å². The summed E-state index contributed by atoms with van der Waals surface area (Å²) in [4.78, 5) is 2.36. The molecular formula is C16H21FN2. The molecule has 0 saturated heterocycles. The van der Waals surface area contributed by atoms with Crippen LogP contribution >= 0.6 is 0 Å². The minimum atomic E-state index is -0.270. The Kier molecular flexibility index (Phi) is 4.95. The zero-order valence-electron chi connectivity index (χ0n) is 11.5. The van der Waals surface area contributed by atoms with Crippen LogP contribution in [0.25, 0.3) is 0 Å². The third kappa shape index (κ3) is 3.79. The summed E-state index contributed by atoms with van der Waals surface area (Å²) in [5.74, 6) is 5.22. The largest absolute Gasteiger partial charge is 0.320 e. The van der Waals surface area contributed by atoms with E-state index in [1.165, 1.54) is 31.7 Å². The van der Waals surface area contributed by atoms with E-state index in [-0.39, 0.29) is 12.4 Å². The van der Waals surface area contributed by atoms with Crippen LogP contribution in [0.2, 0.25) is 0 Å². The first-order valence-corrected chi connectivity index (χ1v) is 6.88. The van der Waals surface area contributed by atoms with E-state index < -0.39 is 0 Å². The molecule has 0 aliphatic heterocycles. The van der Waals surface area contributed by atoms with Crippen LogP contribution in [-0.4, -0.2) is 24.5 Å². The Labute approximate surface area is 114 Å². The Balaban J connectivity index is 2.07. The fourth-order valence-corrected chi connectivity index (χ4v) is 2.67. The average molecular weight is 260 g/mol. The monoisotopic (exact) mass is 260 g/mol. The van der Waals surface area contributed by atoms with Crippen LogP contribution in [0.1, 0.15) is 36.8 Å². The lowest BCUT2D eigenvalue weighted by Gasteiger charge is -2.24. The van der Waals surface area contributed by atoms with E-state index in [0.29, 0.717) is 11.6 Å². The van der Waals surface area contributed by atoms with Crippen molar-refractivity contribution < 1.29 is 4.39 Å². The van der Waals surface area contributed by atoms with Gasteiger partial charge in [-0.05, 0) is 37.6 Å². The van der Waals surface area contributed by atoms with Crippen molar-refractivity contribution in [1.29, 1.82) is 0 Å². The van der Waals surface area contributed by atoms with E-state index >= 15 is 0 Å². The number of halogens is 1. The van der Waals surface area contributed by atoms with Gasteiger partial charge >= 0.3 is 0 Å². The van der Waals surface area contributed by atoms with Crippen molar-refractivity contribution in [2.24, 2.45) is 5.73 Å². The van der Waals surface area contributed by atoms with Gasteiger partial charge in [-0.2, -0.15) is 0 Å². The molecule has 102 valence electrons. The molecule has 0 bridgehead atoms. The number of nitrogens with zero attached hydrogens (tertiary/aromatic N) is 1. The first kappa shape index (κ1) is 14.0. The molecular weight excluding hydrogens is 239 g/mol. The predicted octanol–water partition coefficient (Wildman–Crippen LogP) is 2.51. The second-order valence-electron chi connectivity index (χ2n) is 5.17. The van der Waals surface area contributed by atoms with Crippen LogP contribution in [-0.2, 0) is 6.54 Å². The fraction of sp³-hybridized carbons (Fsp3) is 0.500. The lowest BCUT2D eigenvalue weighted by molar-refractivity contribution is 0.237. The van der Waals surface area contributed by atoms with Crippen LogP contribution in [0, 0.1) is 17.7 Å². The molecule has 0 spiro atoms. The van der Waals surface area contributed by atoms with Gasteiger partial charge in [-0.15, -0.1) is 0 Å². The molecule has 1 aliphatic carbocycles. The summed E-state index contributed by atoms with van der Waals surface area (Å²) in [5, 5.41) is 0. The van der Waals surface area contributed by atoms with E-state index in [9.17, 15) is 4.39 Å². The van der Waals surface area contributed by atoms with Crippen molar-refractivity contribution in [3.8, 4) is 11.8 Å². The minimum Gasteiger partial charge on any atom is -0.320 e. The second-order valence-corrected chi connectivity index (χ2v) is 5.17. The molecule has 2 nitrogen and oxygen atoms in total. The zero-order valence-corrected chi connectivity index (χ0v) is 11.5. The van der Waals surface area contributed by atoms with Gasteiger partial charge in [0.1, 0.15) is 5.82 Å². The fourth-order valence-electron chi connectivity index (χ4n) is 2.67. The maximum Gasteiger partial charge on any atom is 0.138 e. The van der Waals surface area contributed by atoms with Crippen LogP contribution in [0.3, 0.4) is 0 Å². The van der Waals surface area contributed by atoms with Crippen LogP contribution in [0.5, 0.6) is 0 Å². The van der Waals surface area contributed by atoms with Gasteiger partial charge in [0, 0.05) is 12.6 Å². The molecule has 2 rings (SSSR count). The Hall–Kier alpha value is -1.37. The van der Waals surface area contributed by atoms with Crippen molar-refractivity contribution in [2.45, 2.75) is 38.3 Å². The van der Waals surface area contributed by atoms with Gasteiger partial charge in [0.05, 0.1) is 12.1 Å². The number of nitrogens with two attached hydrogens (primary N) is 1. The highest BCUT2D eigenvalue weighted by Gasteiger charge is 2.19. The van der Waals surface area contributed by atoms with Crippen molar-refractivity contribution in [3.05, 3.63) is 35.1 Å². The third-order valence-corrected chi connectivity index (χ3v) is 3.74. The summed E-state index contributed by atoms with van der Waals surface area (Å²) >= 11 is 0. The summed E-state index contributed by atoms with van der Waals surface area (Å²) < 4.78 is 13.6. The highest BCUT2D eigenvalue weighted by molar-refractivity contribution is 5.38. The van der Waals surface area contributed by atoms with E-state index in [2.05, 4.69) is 23.8 Å². The summed E-state index contributed by atoms with van der Waals surface area (Å²) in [5.41, 5.74) is 6.88. The van der Waals surface area contributed by atoms with E-state index in [1.54, 1.807) is 0 Å². The maximum atomic E-state index is 13.6. The van der Waals surface area contributed by atoms with Gasteiger partial charge in [-0.1, -0.05) is 30.7 Å². The highest BCUT2D eigenvalue weighted by atomic mass is 19.1. The van der Waals surface area contributed by atoms with E-state index in [0.717, 1.165) is 12.1 Å². The van der Waals surface area contributed by atoms with E-state index in [1.807, 2.05) is 12.1 Å². The molecule has 1 aromatic rings. The van der Waals surface area contributed by atoms with Gasteiger partial charge in [-0.3, -0.25) is 4.90 Å². The molecule has 1 aliphatic rings. The first-order chi connectivity index (χ1) is 9.20. The molecule has 0 aromatic heterocycles. The Morgan fingerprint density at radius 1 is 1.37 bits per heavy atom. The predicted molar refractivity (Wildman–Crippen MR) is 76.1 cm³/mol. The summed E-state index contributed by atoms with van der Waals surface area (Å²) in [6, 6.07) is 5.85. The molecule has 0 radical (unpaired) electrons. The Morgan fingerprint density at radius 2 is 2.11 bits per heavy atom. The number of hydrogen-bond donors (Lipinski definition) is 1. The van der Waals surface area contributed by atoms with Crippen molar-refractivity contribution in [3.63, 3.8) is 0 Å². The number of rotatable bonds is 3. The highest BCUT2D eigenvalue weighted by Crippen LogP contribution is 2.24. The molecule has 19 heavy (non-hydrogen) atoms. The first-order valence-electron chi connectivity index (χ1n) is 6.88. The van der Waals surface area contributed by atoms with Crippen LogP contribution in [0.4, 0.5) is 4.39 Å². The Bertz CT molecular complexity index is 481. The normalized spacial score (nSPS) is 15.6. The van der Waals surface area contributed by atoms with Gasteiger partial charge in [0.15, 0.2) is 0 Å². The van der Waals surface area contributed by atoms with Gasteiger partial charge in [0.25, 0.3) is 0 Å². The number of hydrogen-bond acceptors (Lipinski definition) is 2. The molecule has 1 saturated carbocycles. The average Bonchev–Trinajstić information content (AvgIpc) is 2.93.